The number of rotatable bonds is 10. The first-order valence-electron chi connectivity index (χ1n) is 14.1. The molecule has 0 spiro atoms. The first-order chi connectivity index (χ1) is 21.1. The minimum absolute atomic E-state index is 0.0713. The highest BCUT2D eigenvalue weighted by Crippen LogP contribution is 2.37. The average Bonchev–Trinajstić information content (AvgIpc) is 2.97. The van der Waals surface area contributed by atoms with E-state index in [0.717, 1.165) is 49.6 Å². The molecule has 0 N–H and O–H groups in total. The van der Waals surface area contributed by atoms with Crippen molar-refractivity contribution < 1.29 is 31.1 Å². The van der Waals surface area contributed by atoms with Gasteiger partial charge in [-0.1, -0.05) is 73.8 Å². The maximum atomic E-state index is 15.2. The van der Waals surface area contributed by atoms with Gasteiger partial charge in [-0.2, -0.15) is 8.78 Å². The van der Waals surface area contributed by atoms with E-state index >= 15 is 8.78 Å². The number of benzene rings is 5. The van der Waals surface area contributed by atoms with Crippen LogP contribution in [0.4, 0.5) is 26.3 Å². The summed E-state index contributed by atoms with van der Waals surface area (Å²) >= 11 is 5.90. The van der Waals surface area contributed by atoms with Crippen molar-refractivity contribution in [3.8, 4) is 39.1 Å². The molecule has 0 amide bonds. The van der Waals surface area contributed by atoms with Crippen molar-refractivity contribution in [3.63, 3.8) is 0 Å². The minimum Gasteiger partial charge on any atom is -0.429 e. The lowest BCUT2D eigenvalue weighted by Gasteiger charge is -2.20. The van der Waals surface area contributed by atoms with Gasteiger partial charge in [-0.25, -0.2) is 17.6 Å². The molecule has 0 saturated heterocycles. The third kappa shape index (κ3) is 6.94. The number of unbranched alkanes of at least 4 members (excludes halogenated alkanes) is 2. The summed E-state index contributed by atoms with van der Waals surface area (Å²) in [5, 5.41) is 0.513. The van der Waals surface area contributed by atoms with Crippen molar-refractivity contribution in [3.05, 3.63) is 136 Å². The van der Waals surface area contributed by atoms with Gasteiger partial charge in [0.15, 0.2) is 0 Å². The Morgan fingerprint density at radius 3 is 1.68 bits per heavy atom. The van der Waals surface area contributed by atoms with E-state index in [9.17, 15) is 17.6 Å². The van der Waals surface area contributed by atoms with Crippen LogP contribution in [0.15, 0.2) is 97.1 Å². The molecule has 0 saturated carbocycles. The topological polar surface area (TPSA) is 9.23 Å². The van der Waals surface area contributed by atoms with Gasteiger partial charge in [-0.3, -0.25) is 0 Å². The van der Waals surface area contributed by atoms with Crippen LogP contribution in [-0.2, 0) is 12.5 Å². The fourth-order valence-electron chi connectivity index (χ4n) is 4.99. The first-order valence-corrected chi connectivity index (χ1v) is 14.4. The fourth-order valence-corrected chi connectivity index (χ4v) is 5.11. The van der Waals surface area contributed by atoms with Crippen LogP contribution in [0.25, 0.3) is 33.4 Å². The molecule has 0 aromatic heterocycles. The highest BCUT2D eigenvalue weighted by Gasteiger charge is 2.38. The molecule has 44 heavy (non-hydrogen) atoms. The number of ether oxygens (including phenoxy) is 1. The van der Waals surface area contributed by atoms with Crippen LogP contribution in [0.3, 0.4) is 0 Å². The van der Waals surface area contributed by atoms with Gasteiger partial charge < -0.3 is 4.74 Å². The molecule has 0 atom stereocenters. The van der Waals surface area contributed by atoms with E-state index in [0.29, 0.717) is 28.1 Å². The third-order valence-corrected chi connectivity index (χ3v) is 7.57. The Labute approximate surface area is 256 Å². The molecule has 0 fully saturated rings. The van der Waals surface area contributed by atoms with Crippen molar-refractivity contribution in [1.29, 1.82) is 0 Å². The Kier molecular flexibility index (Phi) is 9.35. The zero-order valence-electron chi connectivity index (χ0n) is 23.6. The van der Waals surface area contributed by atoms with Crippen molar-refractivity contribution in [2.75, 3.05) is 0 Å². The Bertz CT molecular complexity index is 1790. The molecule has 226 valence electrons. The molecule has 0 radical (unpaired) electrons. The smallest absolute Gasteiger partial charge is 0.429 e. The van der Waals surface area contributed by atoms with Crippen LogP contribution < -0.4 is 4.74 Å². The Balaban J connectivity index is 1.33. The lowest BCUT2D eigenvalue weighted by Crippen LogP contribution is -2.23. The number of hydrogen-bond donors (Lipinski definition) is 0. The predicted octanol–water partition coefficient (Wildman–Crippen LogP) is 11.8. The largest absolute Gasteiger partial charge is 0.429 e. The average molecular weight is 625 g/mol. The van der Waals surface area contributed by atoms with Crippen LogP contribution in [0.5, 0.6) is 5.75 Å². The number of aryl methyl sites for hydroxylation is 1. The van der Waals surface area contributed by atoms with Gasteiger partial charge >= 0.3 is 6.11 Å². The summed E-state index contributed by atoms with van der Waals surface area (Å²) in [5.41, 5.74) is 0.991. The van der Waals surface area contributed by atoms with Gasteiger partial charge in [0, 0.05) is 27.8 Å². The van der Waals surface area contributed by atoms with Crippen LogP contribution in [0.1, 0.15) is 37.3 Å². The number of alkyl halides is 2. The quantitative estimate of drug-likeness (QED) is 0.111. The van der Waals surface area contributed by atoms with Gasteiger partial charge in [0.25, 0.3) is 0 Å². The fraction of sp³-hybridized carbons (Fsp3) is 0.167. The van der Waals surface area contributed by atoms with Crippen LogP contribution in [0, 0.1) is 23.3 Å². The second-order valence-electron chi connectivity index (χ2n) is 10.4. The molecular weight excluding hydrogens is 598 g/mol. The maximum Gasteiger partial charge on any atom is 0.429 e. The molecule has 0 aliphatic carbocycles. The summed E-state index contributed by atoms with van der Waals surface area (Å²) in [4.78, 5) is 0. The van der Waals surface area contributed by atoms with Crippen LogP contribution >= 0.6 is 11.6 Å². The second-order valence-corrected chi connectivity index (χ2v) is 10.9. The second kappa shape index (κ2) is 13.2. The van der Waals surface area contributed by atoms with Crippen LogP contribution in [0.2, 0.25) is 5.02 Å². The monoisotopic (exact) mass is 624 g/mol. The van der Waals surface area contributed by atoms with E-state index < -0.39 is 40.7 Å². The van der Waals surface area contributed by atoms with Crippen molar-refractivity contribution in [2.24, 2.45) is 0 Å². The molecule has 0 unspecified atom stereocenters. The SMILES string of the molecule is CCCCCc1ccc(C(F)(F)Oc2ccc(-c3ccc(-c4ccc(-c5ccc(Cl)cc5)c(F)c4)c(F)c3)c(F)c2)c(F)c1. The molecule has 0 aliphatic rings. The number of halogens is 7. The molecule has 0 heterocycles. The Morgan fingerprint density at radius 1 is 0.591 bits per heavy atom. The highest BCUT2D eigenvalue weighted by atomic mass is 35.5. The van der Waals surface area contributed by atoms with Crippen LogP contribution in [-0.4, -0.2) is 0 Å². The maximum absolute atomic E-state index is 15.2. The molecule has 5 rings (SSSR count). The van der Waals surface area contributed by atoms with E-state index in [-0.39, 0.29) is 22.3 Å². The van der Waals surface area contributed by atoms with Crippen molar-refractivity contribution >= 4 is 11.6 Å². The third-order valence-electron chi connectivity index (χ3n) is 7.32. The van der Waals surface area contributed by atoms with Gasteiger partial charge in [0.1, 0.15) is 29.0 Å². The van der Waals surface area contributed by atoms with Gasteiger partial charge in [-0.05, 0) is 83.6 Å². The highest BCUT2D eigenvalue weighted by molar-refractivity contribution is 6.30. The van der Waals surface area contributed by atoms with Crippen molar-refractivity contribution in [1.82, 2.24) is 0 Å². The summed E-state index contributed by atoms with van der Waals surface area (Å²) in [6, 6.07) is 21.3. The zero-order chi connectivity index (χ0) is 31.4. The van der Waals surface area contributed by atoms with Gasteiger partial charge in [-0.15, -0.1) is 0 Å². The minimum atomic E-state index is -4.06. The summed E-state index contributed by atoms with van der Waals surface area (Å²) in [6.45, 7) is 2.03. The van der Waals surface area contributed by atoms with Gasteiger partial charge in [0.2, 0.25) is 0 Å². The van der Waals surface area contributed by atoms with E-state index in [1.165, 1.54) is 36.4 Å². The molecule has 5 aromatic rings. The predicted molar refractivity (Wildman–Crippen MR) is 162 cm³/mol. The normalized spacial score (nSPS) is 11.5. The lowest BCUT2D eigenvalue weighted by molar-refractivity contribution is -0.187. The Morgan fingerprint density at radius 2 is 1.14 bits per heavy atom. The standard InChI is InChI=1S/C36H27ClF6O/c1-2-3-4-5-22-6-17-31(35(41)18-22)36(42,43)44-27-13-16-30(34(40)21-27)25-10-15-29(33(39)20-25)24-9-14-28(32(38)19-24)23-7-11-26(37)12-8-23/h6-21H,2-5H2,1H3. The molecule has 1 nitrogen and oxygen atoms in total. The van der Waals surface area contributed by atoms with E-state index in [2.05, 4.69) is 0 Å². The Hall–Kier alpha value is -4.23. The summed E-state index contributed by atoms with van der Waals surface area (Å²) in [6.07, 6.45) is -0.757. The zero-order valence-corrected chi connectivity index (χ0v) is 24.4. The van der Waals surface area contributed by atoms with Gasteiger partial charge in [0.05, 0.1) is 5.56 Å². The number of hydrogen-bond acceptors (Lipinski definition) is 1. The molecule has 0 bridgehead atoms. The summed E-state index contributed by atoms with van der Waals surface area (Å²) in [7, 11) is 0. The molecular formula is C36H27ClF6O. The van der Waals surface area contributed by atoms with E-state index in [1.54, 1.807) is 30.3 Å². The molecule has 0 aliphatic heterocycles. The van der Waals surface area contributed by atoms with Crippen molar-refractivity contribution in [2.45, 2.75) is 38.7 Å². The molecule has 5 aromatic carbocycles. The van der Waals surface area contributed by atoms with E-state index in [4.69, 9.17) is 16.3 Å². The first kappa shape index (κ1) is 31.2. The summed E-state index contributed by atoms with van der Waals surface area (Å²) < 4.78 is 94.1. The molecule has 8 heteroatoms. The van der Waals surface area contributed by atoms with E-state index in [1.807, 2.05) is 6.92 Å². The summed E-state index contributed by atoms with van der Waals surface area (Å²) in [5.74, 6) is -3.89. The lowest BCUT2D eigenvalue weighted by atomic mass is 9.97.